The van der Waals surface area contributed by atoms with Crippen LogP contribution in [0.4, 0.5) is 5.69 Å². The highest BCUT2D eigenvalue weighted by molar-refractivity contribution is 5.96. The fraction of sp³-hybridized carbons (Fsp3) is 0.464. The summed E-state index contributed by atoms with van der Waals surface area (Å²) in [6.07, 6.45) is 16.9. The molecule has 0 aliphatic rings. The van der Waals surface area contributed by atoms with E-state index in [1.54, 1.807) is 0 Å². The van der Waals surface area contributed by atoms with Gasteiger partial charge in [-0.15, -0.1) is 0 Å². The lowest BCUT2D eigenvalue weighted by Crippen LogP contribution is -2.24. The molecule has 1 amide bonds. The van der Waals surface area contributed by atoms with Crippen molar-refractivity contribution in [2.24, 2.45) is 0 Å². The van der Waals surface area contributed by atoms with E-state index in [-0.39, 0.29) is 5.91 Å². The molecule has 0 unspecified atom stereocenters. The Kier molecular flexibility index (Phi) is 11.6. The second-order valence-electron chi connectivity index (χ2n) is 8.09. The number of aryl methyl sites for hydroxylation is 1. The minimum Gasteiger partial charge on any atom is -0.288 e. The maximum atomic E-state index is 13.0. The van der Waals surface area contributed by atoms with E-state index in [0.29, 0.717) is 6.42 Å². The van der Waals surface area contributed by atoms with Gasteiger partial charge in [-0.1, -0.05) is 108 Å². The average Bonchev–Trinajstić information content (AvgIpc) is 2.79. The van der Waals surface area contributed by atoms with Crippen molar-refractivity contribution in [1.82, 2.24) is 0 Å². The molecule has 0 atom stereocenters. The van der Waals surface area contributed by atoms with Crippen molar-refractivity contribution in [3.8, 4) is 0 Å². The first-order valence-corrected chi connectivity index (χ1v) is 11.9. The maximum absolute atomic E-state index is 13.0. The van der Waals surface area contributed by atoms with Crippen molar-refractivity contribution in [3.05, 3.63) is 71.9 Å². The Morgan fingerprint density at radius 2 is 1.37 bits per heavy atom. The number of hydrogen-bond donors (Lipinski definition) is 0. The average molecular weight is 406 g/mol. The molecule has 2 heteroatoms. The largest absolute Gasteiger partial charge is 0.288 e. The standard InChI is InChI=1S/C28H39NO/c1-3-5-6-7-8-9-10-11-15-18-28(30)29(24-23-26-16-13-12-14-17-26)27-21-19-25(4-2)20-22-27/h12-14,16-17,19-24H,3-11,15,18H2,1-2H3. The fourth-order valence-corrected chi connectivity index (χ4v) is 3.64. The topological polar surface area (TPSA) is 20.3 Å². The Morgan fingerprint density at radius 3 is 1.97 bits per heavy atom. The lowest BCUT2D eigenvalue weighted by atomic mass is 10.1. The second-order valence-corrected chi connectivity index (χ2v) is 8.09. The van der Waals surface area contributed by atoms with Gasteiger partial charge in [0.05, 0.1) is 0 Å². The Morgan fingerprint density at radius 1 is 0.767 bits per heavy atom. The monoisotopic (exact) mass is 405 g/mol. The number of nitrogens with zero attached hydrogens (tertiary/aromatic N) is 1. The lowest BCUT2D eigenvalue weighted by molar-refractivity contribution is -0.118. The predicted molar refractivity (Wildman–Crippen MR) is 131 cm³/mol. The maximum Gasteiger partial charge on any atom is 0.231 e. The van der Waals surface area contributed by atoms with Crippen molar-refractivity contribution < 1.29 is 4.79 Å². The molecule has 0 saturated heterocycles. The van der Waals surface area contributed by atoms with Crippen LogP contribution in [-0.4, -0.2) is 5.91 Å². The van der Waals surface area contributed by atoms with Gasteiger partial charge in [-0.3, -0.25) is 9.69 Å². The summed E-state index contributed by atoms with van der Waals surface area (Å²) in [5.41, 5.74) is 3.33. The lowest BCUT2D eigenvalue weighted by Gasteiger charge is -2.19. The summed E-state index contributed by atoms with van der Waals surface area (Å²) in [7, 11) is 0. The molecule has 0 fully saturated rings. The van der Waals surface area contributed by atoms with Gasteiger partial charge in [0.1, 0.15) is 0 Å². The molecule has 162 valence electrons. The number of amides is 1. The molecule has 0 radical (unpaired) electrons. The zero-order chi connectivity index (χ0) is 21.4. The molecular formula is C28H39NO. The summed E-state index contributed by atoms with van der Waals surface area (Å²) < 4.78 is 0. The van der Waals surface area contributed by atoms with E-state index in [1.807, 2.05) is 35.4 Å². The van der Waals surface area contributed by atoms with Crippen LogP contribution in [0.25, 0.3) is 6.08 Å². The molecule has 2 aromatic rings. The van der Waals surface area contributed by atoms with E-state index in [1.165, 1.54) is 50.5 Å². The number of unbranched alkanes of at least 4 members (excludes halogenated alkanes) is 8. The molecule has 2 rings (SSSR count). The van der Waals surface area contributed by atoms with Crippen molar-refractivity contribution >= 4 is 17.7 Å². The Balaban J connectivity index is 1.88. The first-order chi connectivity index (χ1) is 14.7. The molecule has 0 heterocycles. The molecule has 0 aliphatic heterocycles. The van der Waals surface area contributed by atoms with Crippen LogP contribution in [0.15, 0.2) is 60.8 Å². The van der Waals surface area contributed by atoms with E-state index in [4.69, 9.17) is 0 Å². The minimum absolute atomic E-state index is 0.175. The van der Waals surface area contributed by atoms with Gasteiger partial charge in [0.25, 0.3) is 0 Å². The molecule has 2 aromatic carbocycles. The number of anilines is 1. The van der Waals surface area contributed by atoms with Gasteiger partial charge in [0, 0.05) is 18.3 Å². The van der Waals surface area contributed by atoms with Crippen LogP contribution >= 0.6 is 0 Å². The molecule has 0 spiro atoms. The number of rotatable bonds is 14. The van der Waals surface area contributed by atoms with Crippen LogP contribution in [0.1, 0.15) is 89.2 Å². The number of carbonyl (C=O) groups is 1. The molecule has 0 bridgehead atoms. The normalized spacial score (nSPS) is 11.1. The van der Waals surface area contributed by atoms with Crippen molar-refractivity contribution in [2.75, 3.05) is 4.90 Å². The quantitative estimate of drug-likeness (QED) is 0.290. The first kappa shape index (κ1) is 23.9. The number of carbonyl (C=O) groups excluding carboxylic acids is 1. The third-order valence-electron chi connectivity index (χ3n) is 5.60. The highest BCUT2D eigenvalue weighted by Gasteiger charge is 2.13. The van der Waals surface area contributed by atoms with Gasteiger partial charge in [-0.2, -0.15) is 0 Å². The van der Waals surface area contributed by atoms with Gasteiger partial charge in [-0.05, 0) is 42.2 Å². The molecule has 0 N–H and O–H groups in total. The van der Waals surface area contributed by atoms with E-state index in [0.717, 1.165) is 30.5 Å². The van der Waals surface area contributed by atoms with Crippen LogP contribution in [0.2, 0.25) is 0 Å². The van der Waals surface area contributed by atoms with Crippen molar-refractivity contribution in [1.29, 1.82) is 0 Å². The second kappa shape index (κ2) is 14.6. The van der Waals surface area contributed by atoms with Gasteiger partial charge < -0.3 is 0 Å². The molecule has 2 nitrogen and oxygen atoms in total. The molecule has 0 saturated carbocycles. The molecule has 0 aliphatic carbocycles. The first-order valence-electron chi connectivity index (χ1n) is 11.9. The third-order valence-corrected chi connectivity index (χ3v) is 5.60. The Bertz CT molecular complexity index is 733. The van der Waals surface area contributed by atoms with Crippen LogP contribution in [0.5, 0.6) is 0 Å². The third kappa shape index (κ3) is 8.98. The van der Waals surface area contributed by atoms with Crippen LogP contribution in [0, 0.1) is 0 Å². The van der Waals surface area contributed by atoms with E-state index < -0.39 is 0 Å². The molecular weight excluding hydrogens is 366 g/mol. The minimum atomic E-state index is 0.175. The van der Waals surface area contributed by atoms with Crippen LogP contribution in [0.3, 0.4) is 0 Å². The summed E-state index contributed by atoms with van der Waals surface area (Å²) in [4.78, 5) is 14.8. The van der Waals surface area contributed by atoms with Gasteiger partial charge in [0.2, 0.25) is 5.91 Å². The summed E-state index contributed by atoms with van der Waals surface area (Å²) in [5, 5.41) is 0. The zero-order valence-electron chi connectivity index (χ0n) is 19.0. The summed E-state index contributed by atoms with van der Waals surface area (Å²) >= 11 is 0. The van der Waals surface area contributed by atoms with Gasteiger partial charge in [-0.25, -0.2) is 0 Å². The Labute approximate surface area is 184 Å². The molecule has 0 aromatic heterocycles. The highest BCUT2D eigenvalue weighted by Crippen LogP contribution is 2.20. The summed E-state index contributed by atoms with van der Waals surface area (Å²) in [5.74, 6) is 0.175. The van der Waals surface area contributed by atoms with E-state index in [2.05, 4.69) is 50.2 Å². The van der Waals surface area contributed by atoms with Gasteiger partial charge >= 0.3 is 0 Å². The smallest absolute Gasteiger partial charge is 0.231 e. The van der Waals surface area contributed by atoms with Crippen LogP contribution in [-0.2, 0) is 11.2 Å². The molecule has 30 heavy (non-hydrogen) atoms. The fourth-order valence-electron chi connectivity index (χ4n) is 3.64. The SMILES string of the molecule is CCCCCCCCCCCC(=O)N(C=Cc1ccccc1)c1ccc(CC)cc1. The predicted octanol–water partition coefficient (Wildman–Crippen LogP) is 8.17. The highest BCUT2D eigenvalue weighted by atomic mass is 16.2. The van der Waals surface area contributed by atoms with E-state index >= 15 is 0 Å². The van der Waals surface area contributed by atoms with E-state index in [9.17, 15) is 4.79 Å². The summed E-state index contributed by atoms with van der Waals surface area (Å²) in [6.45, 7) is 4.41. The summed E-state index contributed by atoms with van der Waals surface area (Å²) in [6, 6.07) is 18.5. The van der Waals surface area contributed by atoms with Crippen LogP contribution < -0.4 is 4.90 Å². The van der Waals surface area contributed by atoms with Gasteiger partial charge in [0.15, 0.2) is 0 Å². The van der Waals surface area contributed by atoms with Crippen molar-refractivity contribution in [3.63, 3.8) is 0 Å². The van der Waals surface area contributed by atoms with Crippen molar-refractivity contribution in [2.45, 2.75) is 84.5 Å². The number of hydrogen-bond acceptors (Lipinski definition) is 1. The zero-order valence-corrected chi connectivity index (χ0v) is 19.0. The Hall–Kier alpha value is -2.35. The number of benzene rings is 2.